The van der Waals surface area contributed by atoms with Crippen LogP contribution in [0, 0.1) is 0 Å². The lowest BCUT2D eigenvalue weighted by Gasteiger charge is -2.07. The number of benzene rings is 1. The van der Waals surface area contributed by atoms with Gasteiger partial charge >= 0.3 is 0 Å². The molecule has 0 amide bonds. The predicted molar refractivity (Wildman–Crippen MR) is 59.6 cm³/mol. The van der Waals surface area contributed by atoms with Crippen LogP contribution in [-0.4, -0.2) is 17.0 Å². The fourth-order valence-corrected chi connectivity index (χ4v) is 2.34. The molecule has 1 aromatic rings. The first kappa shape index (κ1) is 10.5. The topological polar surface area (TPSA) is 46.5 Å². The van der Waals surface area contributed by atoms with Crippen molar-refractivity contribution in [2.24, 2.45) is 0 Å². The van der Waals surface area contributed by atoms with Gasteiger partial charge in [0.1, 0.15) is 17.6 Å². The van der Waals surface area contributed by atoms with Crippen LogP contribution in [0.2, 0.25) is 0 Å². The van der Waals surface area contributed by atoms with Crippen LogP contribution in [0.1, 0.15) is 29.8 Å². The summed E-state index contributed by atoms with van der Waals surface area (Å²) in [5, 5.41) is 9.80. The van der Waals surface area contributed by atoms with Crippen LogP contribution in [-0.2, 0) is 6.42 Å². The van der Waals surface area contributed by atoms with Crippen molar-refractivity contribution in [1.29, 1.82) is 0 Å². The van der Waals surface area contributed by atoms with Crippen LogP contribution in [0.4, 0.5) is 0 Å². The molecule has 2 rings (SSSR count). The van der Waals surface area contributed by atoms with Crippen molar-refractivity contribution in [3.05, 3.63) is 21.7 Å². The number of rotatable bonds is 1. The van der Waals surface area contributed by atoms with E-state index >= 15 is 0 Å². The molecule has 0 saturated carbocycles. The minimum absolute atomic E-state index is 0.0129. The number of carbonyl (C=O) groups is 1. The highest BCUT2D eigenvalue weighted by atomic mass is 79.9. The Bertz CT molecular complexity index is 440. The highest BCUT2D eigenvalue weighted by Gasteiger charge is 2.26. The summed E-state index contributed by atoms with van der Waals surface area (Å²) in [6.07, 6.45) is 0.847. The second-order valence-corrected chi connectivity index (χ2v) is 4.55. The van der Waals surface area contributed by atoms with Crippen molar-refractivity contribution in [2.45, 2.75) is 26.4 Å². The molecule has 1 unspecified atom stereocenters. The highest BCUT2D eigenvalue weighted by molar-refractivity contribution is 9.10. The normalized spacial score (nSPS) is 18.5. The second kappa shape index (κ2) is 3.52. The lowest BCUT2D eigenvalue weighted by atomic mass is 10.0. The number of hydrogen-bond acceptors (Lipinski definition) is 3. The third-order valence-electron chi connectivity index (χ3n) is 2.50. The molecule has 0 spiro atoms. The first-order valence-corrected chi connectivity index (χ1v) is 5.52. The van der Waals surface area contributed by atoms with Crippen molar-refractivity contribution < 1.29 is 14.6 Å². The maximum absolute atomic E-state index is 11.3. The van der Waals surface area contributed by atoms with E-state index in [1.807, 2.05) is 6.92 Å². The van der Waals surface area contributed by atoms with Gasteiger partial charge in [0, 0.05) is 12.0 Å². The van der Waals surface area contributed by atoms with Crippen LogP contribution in [0.15, 0.2) is 10.5 Å². The van der Waals surface area contributed by atoms with E-state index in [0.717, 1.165) is 12.0 Å². The lowest BCUT2D eigenvalue weighted by Crippen LogP contribution is -2.05. The molecule has 1 aliphatic heterocycles. The summed E-state index contributed by atoms with van der Waals surface area (Å²) in [7, 11) is 0. The first-order chi connectivity index (χ1) is 7.00. The van der Waals surface area contributed by atoms with Crippen molar-refractivity contribution in [3.8, 4) is 11.5 Å². The zero-order valence-corrected chi connectivity index (χ0v) is 10.1. The lowest BCUT2D eigenvalue weighted by molar-refractivity contribution is 0.101. The maximum atomic E-state index is 11.3. The molecule has 0 fully saturated rings. The molecule has 15 heavy (non-hydrogen) atoms. The maximum Gasteiger partial charge on any atom is 0.163 e. The molecule has 0 radical (unpaired) electrons. The van der Waals surface area contributed by atoms with Crippen molar-refractivity contribution >= 4 is 21.7 Å². The molecule has 1 heterocycles. The molecule has 80 valence electrons. The van der Waals surface area contributed by atoms with Crippen LogP contribution in [0.5, 0.6) is 11.5 Å². The number of phenolic OH excluding ortho intramolecular Hbond substituents is 1. The number of ketones is 1. The fourth-order valence-electron chi connectivity index (χ4n) is 1.77. The largest absolute Gasteiger partial charge is 0.506 e. The monoisotopic (exact) mass is 270 g/mol. The average Bonchev–Trinajstić information content (AvgIpc) is 2.52. The van der Waals surface area contributed by atoms with Gasteiger partial charge in [-0.05, 0) is 35.8 Å². The molecule has 0 saturated heterocycles. The molecule has 0 bridgehead atoms. The standard InChI is InChI=1S/C11H11BrO3/c1-5-3-8-9(15-5)4-7(6(2)13)11(14)10(8)12/h4-5,14H,3H2,1-2H3. The number of Topliss-reactive ketones (excluding diaryl/α,β-unsaturated/α-hetero) is 1. The fraction of sp³-hybridized carbons (Fsp3) is 0.364. The average molecular weight is 271 g/mol. The summed E-state index contributed by atoms with van der Waals surface area (Å²) >= 11 is 3.30. The van der Waals surface area contributed by atoms with Crippen LogP contribution >= 0.6 is 15.9 Å². The van der Waals surface area contributed by atoms with Gasteiger partial charge in [-0.1, -0.05) is 0 Å². The molecule has 1 aliphatic rings. The van der Waals surface area contributed by atoms with E-state index in [9.17, 15) is 9.90 Å². The Morgan fingerprint density at radius 2 is 2.33 bits per heavy atom. The molecule has 3 nitrogen and oxygen atoms in total. The van der Waals surface area contributed by atoms with E-state index in [0.29, 0.717) is 15.8 Å². The van der Waals surface area contributed by atoms with Crippen LogP contribution in [0.25, 0.3) is 0 Å². The zero-order valence-electron chi connectivity index (χ0n) is 8.50. The molecule has 0 aromatic heterocycles. The van der Waals surface area contributed by atoms with E-state index < -0.39 is 0 Å². The van der Waals surface area contributed by atoms with E-state index in [1.165, 1.54) is 6.92 Å². The Kier molecular flexibility index (Phi) is 2.46. The quantitative estimate of drug-likeness (QED) is 0.799. The predicted octanol–water partition coefficient (Wildman–Crippen LogP) is 2.68. The number of aromatic hydroxyl groups is 1. The summed E-state index contributed by atoms with van der Waals surface area (Å²) < 4.78 is 6.12. The molecule has 4 heteroatoms. The van der Waals surface area contributed by atoms with Crippen molar-refractivity contribution in [1.82, 2.24) is 0 Å². The van der Waals surface area contributed by atoms with Crippen molar-refractivity contribution in [2.75, 3.05) is 0 Å². The number of halogens is 1. The molecule has 1 N–H and O–H groups in total. The third-order valence-corrected chi connectivity index (χ3v) is 3.35. The van der Waals surface area contributed by atoms with Gasteiger partial charge in [0.15, 0.2) is 5.78 Å². The third kappa shape index (κ3) is 1.63. The van der Waals surface area contributed by atoms with Crippen LogP contribution < -0.4 is 4.74 Å². The van der Waals surface area contributed by atoms with Crippen molar-refractivity contribution in [3.63, 3.8) is 0 Å². The Balaban J connectivity index is 2.62. The van der Waals surface area contributed by atoms with Gasteiger partial charge in [-0.3, -0.25) is 4.79 Å². The smallest absolute Gasteiger partial charge is 0.163 e. The Morgan fingerprint density at radius 1 is 1.67 bits per heavy atom. The summed E-state index contributed by atoms with van der Waals surface area (Å²) in [5.41, 5.74) is 1.24. The second-order valence-electron chi connectivity index (χ2n) is 3.75. The van der Waals surface area contributed by atoms with Gasteiger partial charge in [-0.2, -0.15) is 0 Å². The summed E-state index contributed by atoms with van der Waals surface area (Å²) in [5.74, 6) is 0.537. The molecule has 1 atom stereocenters. The number of carbonyl (C=O) groups excluding carboxylic acids is 1. The van der Waals surface area contributed by atoms with E-state index in [2.05, 4.69) is 15.9 Å². The zero-order chi connectivity index (χ0) is 11.2. The number of ether oxygens (including phenoxy) is 1. The van der Waals surface area contributed by atoms with Gasteiger partial charge in [-0.15, -0.1) is 0 Å². The van der Waals surface area contributed by atoms with Gasteiger partial charge in [0.25, 0.3) is 0 Å². The number of phenols is 1. The SMILES string of the molecule is CC(=O)c1cc2c(c(Br)c1O)CC(C)O2. The summed E-state index contributed by atoms with van der Waals surface area (Å²) in [4.78, 5) is 11.3. The number of hydrogen-bond donors (Lipinski definition) is 1. The minimum Gasteiger partial charge on any atom is -0.506 e. The van der Waals surface area contributed by atoms with Gasteiger partial charge in [-0.25, -0.2) is 0 Å². The first-order valence-electron chi connectivity index (χ1n) is 4.72. The van der Waals surface area contributed by atoms with Crippen LogP contribution in [0.3, 0.4) is 0 Å². The Labute approximate surface area is 96.2 Å². The summed E-state index contributed by atoms with van der Waals surface area (Å²) in [6.45, 7) is 3.38. The Hall–Kier alpha value is -1.03. The highest BCUT2D eigenvalue weighted by Crippen LogP contribution is 2.42. The van der Waals surface area contributed by atoms with E-state index in [4.69, 9.17) is 4.74 Å². The molecule has 1 aromatic carbocycles. The summed E-state index contributed by atoms with van der Waals surface area (Å²) in [6, 6.07) is 1.61. The van der Waals surface area contributed by atoms with Gasteiger partial charge < -0.3 is 9.84 Å². The minimum atomic E-state index is -0.167. The van der Waals surface area contributed by atoms with E-state index in [-0.39, 0.29) is 17.6 Å². The molecular formula is C11H11BrO3. The Morgan fingerprint density at radius 3 is 2.93 bits per heavy atom. The van der Waals surface area contributed by atoms with Gasteiger partial charge in [0.2, 0.25) is 0 Å². The number of fused-ring (bicyclic) bond motifs is 1. The molecule has 0 aliphatic carbocycles. The van der Waals surface area contributed by atoms with Gasteiger partial charge in [0.05, 0.1) is 10.0 Å². The molecular weight excluding hydrogens is 260 g/mol. The van der Waals surface area contributed by atoms with E-state index in [1.54, 1.807) is 6.07 Å².